The molecule has 1 aliphatic rings. The number of hydrogen-bond acceptors (Lipinski definition) is 5. The van der Waals surface area contributed by atoms with Crippen LogP contribution in [0.2, 0.25) is 0 Å². The highest BCUT2D eigenvalue weighted by Gasteiger charge is 2.17. The molecule has 0 unspecified atom stereocenters. The number of fused-ring (bicyclic) bond motifs is 1. The third kappa shape index (κ3) is 2.43. The molecule has 0 bridgehead atoms. The molecule has 0 atom stereocenters. The van der Waals surface area contributed by atoms with Crippen molar-refractivity contribution in [1.82, 2.24) is 15.0 Å². The van der Waals surface area contributed by atoms with Gasteiger partial charge < -0.3 is 10.7 Å². The fourth-order valence-electron chi connectivity index (χ4n) is 2.43. The molecule has 0 spiro atoms. The zero-order valence-corrected chi connectivity index (χ0v) is 12.1. The van der Waals surface area contributed by atoms with E-state index in [1.165, 1.54) is 11.8 Å². The molecule has 104 valence electrons. The van der Waals surface area contributed by atoms with Crippen molar-refractivity contribution in [2.75, 3.05) is 5.73 Å². The Kier molecular flexibility index (Phi) is 3.48. The number of hydrogen-bond donors (Lipinski definition) is 2. The van der Waals surface area contributed by atoms with Crippen LogP contribution in [0.15, 0.2) is 22.2 Å². The molecule has 3 rings (SSSR count). The first-order chi connectivity index (χ1) is 9.65. The number of nitrogens with zero attached hydrogens (tertiary/aromatic N) is 2. The fraction of sp³-hybridized carbons (Fsp3) is 0.357. The molecular weight excluding hydrogens is 272 g/mol. The smallest absolute Gasteiger partial charge is 0.254 e. The summed E-state index contributed by atoms with van der Waals surface area (Å²) in [7, 11) is 0. The number of nitrogen functional groups attached to an aromatic ring is 1. The van der Waals surface area contributed by atoms with Gasteiger partial charge >= 0.3 is 0 Å². The standard InChI is InChI=1S/C14H16N4OS/c1-8-10(11(15)5-6-16-8)7-20-14-17-12-4-2-3-9(12)13(19)18-14/h5-6H,2-4,7H2,1H3,(H2,15,16)(H,17,18,19). The maximum atomic E-state index is 11.9. The van der Waals surface area contributed by atoms with E-state index in [9.17, 15) is 4.79 Å². The van der Waals surface area contributed by atoms with Crippen molar-refractivity contribution >= 4 is 17.4 Å². The van der Waals surface area contributed by atoms with E-state index < -0.39 is 0 Å². The average molecular weight is 288 g/mol. The minimum atomic E-state index is 0.00544. The monoisotopic (exact) mass is 288 g/mol. The van der Waals surface area contributed by atoms with E-state index >= 15 is 0 Å². The number of nitrogens with two attached hydrogens (primary N) is 1. The second kappa shape index (κ2) is 5.28. The lowest BCUT2D eigenvalue weighted by molar-refractivity contribution is 0.869. The molecule has 0 saturated carbocycles. The fourth-order valence-corrected chi connectivity index (χ4v) is 3.43. The number of thioether (sulfide) groups is 1. The lowest BCUT2D eigenvalue weighted by Gasteiger charge is -2.08. The van der Waals surface area contributed by atoms with Crippen molar-refractivity contribution in [2.24, 2.45) is 0 Å². The number of pyridine rings is 1. The summed E-state index contributed by atoms with van der Waals surface area (Å²) in [6.07, 6.45) is 4.47. The van der Waals surface area contributed by atoms with Gasteiger partial charge in [-0.05, 0) is 32.3 Å². The van der Waals surface area contributed by atoms with E-state index in [0.717, 1.165) is 47.5 Å². The molecular formula is C14H16N4OS. The zero-order chi connectivity index (χ0) is 14.1. The minimum Gasteiger partial charge on any atom is -0.398 e. The van der Waals surface area contributed by atoms with E-state index in [0.29, 0.717) is 10.9 Å². The van der Waals surface area contributed by atoms with Crippen LogP contribution in [0.3, 0.4) is 0 Å². The summed E-state index contributed by atoms with van der Waals surface area (Å²) in [5, 5.41) is 0.665. The van der Waals surface area contributed by atoms with Gasteiger partial charge in [0, 0.05) is 34.5 Å². The molecule has 0 fully saturated rings. The first-order valence-electron chi connectivity index (χ1n) is 6.60. The summed E-state index contributed by atoms with van der Waals surface area (Å²) < 4.78 is 0. The van der Waals surface area contributed by atoms with Crippen molar-refractivity contribution in [2.45, 2.75) is 37.1 Å². The van der Waals surface area contributed by atoms with E-state index in [1.807, 2.05) is 6.92 Å². The van der Waals surface area contributed by atoms with Crippen LogP contribution in [0.5, 0.6) is 0 Å². The average Bonchev–Trinajstić information content (AvgIpc) is 2.87. The van der Waals surface area contributed by atoms with Gasteiger partial charge in [-0.15, -0.1) is 0 Å². The summed E-state index contributed by atoms with van der Waals surface area (Å²) in [6.45, 7) is 1.94. The van der Waals surface area contributed by atoms with Crippen LogP contribution in [-0.4, -0.2) is 15.0 Å². The Morgan fingerprint density at radius 2 is 2.30 bits per heavy atom. The Morgan fingerprint density at radius 1 is 1.45 bits per heavy atom. The van der Waals surface area contributed by atoms with Crippen molar-refractivity contribution in [3.63, 3.8) is 0 Å². The Morgan fingerprint density at radius 3 is 3.10 bits per heavy atom. The molecule has 2 heterocycles. The van der Waals surface area contributed by atoms with Crippen LogP contribution >= 0.6 is 11.8 Å². The Balaban J connectivity index is 1.83. The minimum absolute atomic E-state index is 0.00544. The summed E-state index contributed by atoms with van der Waals surface area (Å²) in [6, 6.07) is 1.79. The largest absolute Gasteiger partial charge is 0.398 e. The lowest BCUT2D eigenvalue weighted by atomic mass is 10.2. The molecule has 20 heavy (non-hydrogen) atoms. The van der Waals surface area contributed by atoms with Gasteiger partial charge in [0.1, 0.15) is 0 Å². The molecule has 0 amide bonds. The quantitative estimate of drug-likeness (QED) is 0.665. The number of nitrogens with one attached hydrogen (secondary N) is 1. The van der Waals surface area contributed by atoms with Gasteiger partial charge in [-0.1, -0.05) is 11.8 Å². The van der Waals surface area contributed by atoms with Crippen LogP contribution < -0.4 is 11.3 Å². The number of aromatic amines is 1. The SMILES string of the molecule is Cc1nccc(N)c1CSc1nc2c(c(=O)[nH]1)CCC2. The molecule has 2 aromatic heterocycles. The predicted molar refractivity (Wildman–Crippen MR) is 79.8 cm³/mol. The van der Waals surface area contributed by atoms with Gasteiger partial charge in [0.15, 0.2) is 5.16 Å². The summed E-state index contributed by atoms with van der Waals surface area (Å²) in [5.74, 6) is 0.660. The van der Waals surface area contributed by atoms with Crippen LogP contribution in [0.25, 0.3) is 0 Å². The zero-order valence-electron chi connectivity index (χ0n) is 11.3. The molecule has 0 saturated heterocycles. The molecule has 3 N–H and O–H groups in total. The van der Waals surface area contributed by atoms with Gasteiger partial charge in [-0.3, -0.25) is 9.78 Å². The van der Waals surface area contributed by atoms with Crippen LogP contribution in [0.1, 0.15) is 28.9 Å². The van der Waals surface area contributed by atoms with Gasteiger partial charge in [0.2, 0.25) is 0 Å². The Bertz CT molecular complexity index is 691. The maximum Gasteiger partial charge on any atom is 0.254 e. The van der Waals surface area contributed by atoms with Gasteiger partial charge in [-0.25, -0.2) is 4.98 Å². The number of rotatable bonds is 3. The van der Waals surface area contributed by atoms with Crippen LogP contribution in [0.4, 0.5) is 5.69 Å². The highest BCUT2D eigenvalue weighted by molar-refractivity contribution is 7.98. The molecule has 1 aliphatic carbocycles. The number of H-pyrrole nitrogens is 1. The number of anilines is 1. The topological polar surface area (TPSA) is 84.7 Å². The highest BCUT2D eigenvalue weighted by Crippen LogP contribution is 2.25. The third-order valence-electron chi connectivity index (χ3n) is 3.58. The maximum absolute atomic E-state index is 11.9. The first kappa shape index (κ1) is 13.2. The highest BCUT2D eigenvalue weighted by atomic mass is 32.2. The van der Waals surface area contributed by atoms with Gasteiger partial charge in [0.05, 0.1) is 5.69 Å². The summed E-state index contributed by atoms with van der Waals surface area (Å²) in [4.78, 5) is 23.6. The molecule has 6 heteroatoms. The van der Waals surface area contributed by atoms with Gasteiger partial charge in [-0.2, -0.15) is 0 Å². The van der Waals surface area contributed by atoms with Crippen molar-refractivity contribution in [3.05, 3.63) is 45.1 Å². The first-order valence-corrected chi connectivity index (χ1v) is 7.58. The van der Waals surface area contributed by atoms with Crippen LogP contribution in [0, 0.1) is 6.92 Å². The van der Waals surface area contributed by atoms with E-state index in [-0.39, 0.29) is 5.56 Å². The number of aromatic nitrogens is 3. The van der Waals surface area contributed by atoms with E-state index in [4.69, 9.17) is 5.73 Å². The predicted octanol–water partition coefficient (Wildman–Crippen LogP) is 1.84. The molecule has 5 nitrogen and oxygen atoms in total. The third-order valence-corrected chi connectivity index (χ3v) is 4.48. The van der Waals surface area contributed by atoms with Crippen molar-refractivity contribution in [3.8, 4) is 0 Å². The van der Waals surface area contributed by atoms with E-state index in [1.54, 1.807) is 12.3 Å². The summed E-state index contributed by atoms with van der Waals surface area (Å²) >= 11 is 1.50. The van der Waals surface area contributed by atoms with Crippen molar-refractivity contribution in [1.29, 1.82) is 0 Å². The van der Waals surface area contributed by atoms with Crippen LogP contribution in [-0.2, 0) is 18.6 Å². The lowest BCUT2D eigenvalue weighted by Crippen LogP contribution is -2.15. The number of aryl methyl sites for hydroxylation is 2. The molecule has 0 radical (unpaired) electrons. The molecule has 0 aromatic carbocycles. The molecule has 0 aliphatic heterocycles. The van der Waals surface area contributed by atoms with Crippen molar-refractivity contribution < 1.29 is 0 Å². The van der Waals surface area contributed by atoms with E-state index in [2.05, 4.69) is 15.0 Å². The second-order valence-corrected chi connectivity index (χ2v) is 5.87. The molecule has 2 aromatic rings. The Labute approximate surface area is 121 Å². The summed E-state index contributed by atoms with van der Waals surface area (Å²) in [5.41, 5.74) is 10.4. The normalized spacial score (nSPS) is 13.4. The Hall–Kier alpha value is -1.82. The second-order valence-electron chi connectivity index (χ2n) is 4.90. The van der Waals surface area contributed by atoms with Gasteiger partial charge in [0.25, 0.3) is 5.56 Å².